The Hall–Kier alpha value is -1.51. The molecule has 3 heteroatoms. The van der Waals surface area contributed by atoms with Crippen molar-refractivity contribution in [1.29, 1.82) is 0 Å². The van der Waals surface area contributed by atoms with Crippen LogP contribution in [-0.4, -0.2) is 18.5 Å². The third-order valence-electron chi connectivity index (χ3n) is 4.25. The van der Waals surface area contributed by atoms with Gasteiger partial charge in [-0.25, -0.2) is 0 Å². The molecule has 1 amide bonds. The van der Waals surface area contributed by atoms with Gasteiger partial charge in [-0.3, -0.25) is 4.79 Å². The van der Waals surface area contributed by atoms with Gasteiger partial charge in [0.1, 0.15) is 0 Å². The SMILES string of the molecule is CCNC(=O)c1cccc(NC2CCCCC2CC)c1. The van der Waals surface area contributed by atoms with Gasteiger partial charge in [-0.1, -0.05) is 32.3 Å². The van der Waals surface area contributed by atoms with Gasteiger partial charge in [-0.2, -0.15) is 0 Å². The molecule has 2 rings (SSSR count). The molecular weight excluding hydrogens is 248 g/mol. The maximum atomic E-state index is 11.9. The van der Waals surface area contributed by atoms with Crippen molar-refractivity contribution < 1.29 is 4.79 Å². The Morgan fingerprint density at radius 1 is 1.25 bits per heavy atom. The summed E-state index contributed by atoms with van der Waals surface area (Å²) >= 11 is 0. The minimum atomic E-state index is 0.00633. The number of carbonyl (C=O) groups is 1. The second-order valence-electron chi connectivity index (χ2n) is 5.64. The lowest BCUT2D eigenvalue weighted by Crippen LogP contribution is -2.32. The van der Waals surface area contributed by atoms with Gasteiger partial charge in [0.05, 0.1) is 0 Å². The molecule has 0 saturated heterocycles. The standard InChI is InChI=1S/C17H26N2O/c1-3-13-8-5-6-11-16(13)19-15-10-7-9-14(12-15)17(20)18-4-2/h7,9-10,12-13,16,19H,3-6,8,11H2,1-2H3,(H,18,20). The van der Waals surface area contributed by atoms with Crippen molar-refractivity contribution in [3.05, 3.63) is 29.8 Å². The topological polar surface area (TPSA) is 41.1 Å². The van der Waals surface area contributed by atoms with Crippen LogP contribution in [0.25, 0.3) is 0 Å². The molecule has 1 aromatic carbocycles. The van der Waals surface area contributed by atoms with Crippen LogP contribution >= 0.6 is 0 Å². The van der Waals surface area contributed by atoms with E-state index in [1.54, 1.807) is 0 Å². The second-order valence-corrected chi connectivity index (χ2v) is 5.64. The average Bonchev–Trinajstić information content (AvgIpc) is 2.48. The first-order chi connectivity index (χ1) is 9.74. The molecule has 3 nitrogen and oxygen atoms in total. The molecule has 2 unspecified atom stereocenters. The van der Waals surface area contributed by atoms with Crippen molar-refractivity contribution in [3.63, 3.8) is 0 Å². The summed E-state index contributed by atoms with van der Waals surface area (Å²) in [6.07, 6.45) is 6.46. The van der Waals surface area contributed by atoms with E-state index < -0.39 is 0 Å². The normalized spacial score (nSPS) is 22.3. The number of amides is 1. The first kappa shape index (κ1) is 14.9. The molecule has 2 N–H and O–H groups in total. The van der Waals surface area contributed by atoms with E-state index in [0.29, 0.717) is 12.6 Å². The number of carbonyl (C=O) groups excluding carboxylic acids is 1. The highest BCUT2D eigenvalue weighted by Crippen LogP contribution is 2.29. The number of anilines is 1. The summed E-state index contributed by atoms with van der Waals surface area (Å²) in [6.45, 7) is 4.88. The number of benzene rings is 1. The van der Waals surface area contributed by atoms with E-state index in [1.165, 1.54) is 32.1 Å². The summed E-state index contributed by atoms with van der Waals surface area (Å²) in [4.78, 5) is 11.9. The van der Waals surface area contributed by atoms with Gasteiger partial charge in [0.15, 0.2) is 0 Å². The molecule has 0 bridgehead atoms. The molecule has 1 aliphatic rings. The van der Waals surface area contributed by atoms with E-state index in [4.69, 9.17) is 0 Å². The van der Waals surface area contributed by atoms with Crippen LogP contribution in [-0.2, 0) is 0 Å². The monoisotopic (exact) mass is 274 g/mol. The fourth-order valence-corrected chi connectivity index (χ4v) is 3.11. The largest absolute Gasteiger partial charge is 0.382 e. The quantitative estimate of drug-likeness (QED) is 0.857. The minimum Gasteiger partial charge on any atom is -0.382 e. The Labute approximate surface area is 122 Å². The fourth-order valence-electron chi connectivity index (χ4n) is 3.11. The molecule has 0 aromatic heterocycles. The Morgan fingerprint density at radius 2 is 2.05 bits per heavy atom. The van der Waals surface area contributed by atoms with E-state index in [0.717, 1.165) is 17.2 Å². The molecular formula is C17H26N2O. The summed E-state index contributed by atoms with van der Waals surface area (Å²) in [5.74, 6) is 0.767. The highest BCUT2D eigenvalue weighted by molar-refractivity contribution is 5.95. The molecule has 0 spiro atoms. The number of rotatable bonds is 5. The zero-order chi connectivity index (χ0) is 14.4. The minimum absolute atomic E-state index is 0.00633. The lowest BCUT2D eigenvalue weighted by atomic mass is 9.83. The zero-order valence-corrected chi connectivity index (χ0v) is 12.6. The highest BCUT2D eigenvalue weighted by atomic mass is 16.1. The van der Waals surface area contributed by atoms with Crippen LogP contribution in [0.5, 0.6) is 0 Å². The zero-order valence-electron chi connectivity index (χ0n) is 12.6. The maximum Gasteiger partial charge on any atom is 0.251 e. The summed E-state index contributed by atoms with van der Waals surface area (Å²) in [7, 11) is 0. The maximum absolute atomic E-state index is 11.9. The van der Waals surface area contributed by atoms with Crippen LogP contribution in [0.15, 0.2) is 24.3 Å². The molecule has 1 saturated carbocycles. The molecule has 20 heavy (non-hydrogen) atoms. The Bertz CT molecular complexity index is 444. The van der Waals surface area contributed by atoms with Crippen LogP contribution < -0.4 is 10.6 Å². The van der Waals surface area contributed by atoms with E-state index in [2.05, 4.69) is 23.6 Å². The predicted molar refractivity (Wildman–Crippen MR) is 84.1 cm³/mol. The molecule has 1 aromatic rings. The van der Waals surface area contributed by atoms with Gasteiger partial charge < -0.3 is 10.6 Å². The van der Waals surface area contributed by atoms with Gasteiger partial charge in [-0.05, 0) is 43.9 Å². The van der Waals surface area contributed by atoms with E-state index in [9.17, 15) is 4.79 Å². The molecule has 0 heterocycles. The summed E-state index contributed by atoms with van der Waals surface area (Å²) in [6, 6.07) is 8.40. The van der Waals surface area contributed by atoms with E-state index in [-0.39, 0.29) is 5.91 Å². The van der Waals surface area contributed by atoms with Gasteiger partial charge in [-0.15, -0.1) is 0 Å². The van der Waals surface area contributed by atoms with Gasteiger partial charge >= 0.3 is 0 Å². The van der Waals surface area contributed by atoms with E-state index in [1.807, 2.05) is 25.1 Å². The summed E-state index contributed by atoms with van der Waals surface area (Å²) < 4.78 is 0. The van der Waals surface area contributed by atoms with Crippen molar-refractivity contribution >= 4 is 11.6 Å². The van der Waals surface area contributed by atoms with Gasteiger partial charge in [0.25, 0.3) is 5.91 Å². The van der Waals surface area contributed by atoms with Crippen molar-refractivity contribution in [2.45, 2.75) is 52.0 Å². The molecule has 0 radical (unpaired) electrons. The first-order valence-corrected chi connectivity index (χ1v) is 7.89. The molecule has 0 aliphatic heterocycles. The molecule has 1 fully saturated rings. The summed E-state index contributed by atoms with van der Waals surface area (Å²) in [5, 5.41) is 6.49. The fraction of sp³-hybridized carbons (Fsp3) is 0.588. The van der Waals surface area contributed by atoms with Crippen molar-refractivity contribution in [2.24, 2.45) is 5.92 Å². The average molecular weight is 274 g/mol. The van der Waals surface area contributed by atoms with Crippen LogP contribution in [0.4, 0.5) is 5.69 Å². The van der Waals surface area contributed by atoms with Crippen LogP contribution in [0.1, 0.15) is 56.3 Å². The van der Waals surface area contributed by atoms with E-state index >= 15 is 0 Å². The number of nitrogens with one attached hydrogen (secondary N) is 2. The predicted octanol–water partition coefficient (Wildman–Crippen LogP) is 3.82. The Morgan fingerprint density at radius 3 is 2.80 bits per heavy atom. The van der Waals surface area contributed by atoms with Crippen LogP contribution in [0, 0.1) is 5.92 Å². The Balaban J connectivity index is 2.05. The lowest BCUT2D eigenvalue weighted by molar-refractivity contribution is 0.0956. The van der Waals surface area contributed by atoms with Crippen molar-refractivity contribution in [3.8, 4) is 0 Å². The Kier molecular flexibility index (Phi) is 5.45. The highest BCUT2D eigenvalue weighted by Gasteiger charge is 2.23. The smallest absolute Gasteiger partial charge is 0.251 e. The lowest BCUT2D eigenvalue weighted by Gasteiger charge is -2.32. The molecule has 2 atom stereocenters. The number of hydrogen-bond acceptors (Lipinski definition) is 2. The van der Waals surface area contributed by atoms with Crippen molar-refractivity contribution in [2.75, 3.05) is 11.9 Å². The third-order valence-corrected chi connectivity index (χ3v) is 4.25. The molecule has 110 valence electrons. The first-order valence-electron chi connectivity index (χ1n) is 7.89. The third kappa shape index (κ3) is 3.75. The van der Waals surface area contributed by atoms with Crippen molar-refractivity contribution in [1.82, 2.24) is 5.32 Å². The summed E-state index contributed by atoms with van der Waals surface area (Å²) in [5.41, 5.74) is 1.81. The van der Waals surface area contributed by atoms with Gasteiger partial charge in [0.2, 0.25) is 0 Å². The number of hydrogen-bond donors (Lipinski definition) is 2. The molecule has 1 aliphatic carbocycles. The second kappa shape index (κ2) is 7.32. The van der Waals surface area contributed by atoms with Crippen LogP contribution in [0.2, 0.25) is 0 Å². The van der Waals surface area contributed by atoms with Gasteiger partial charge in [0, 0.05) is 23.8 Å². The van der Waals surface area contributed by atoms with Crippen LogP contribution in [0.3, 0.4) is 0 Å².